The van der Waals surface area contributed by atoms with Gasteiger partial charge in [0.2, 0.25) is 0 Å². The van der Waals surface area contributed by atoms with Crippen molar-refractivity contribution in [1.82, 2.24) is 9.97 Å². The normalized spacial score (nSPS) is 21.0. The third kappa shape index (κ3) is 3.02. The van der Waals surface area contributed by atoms with Gasteiger partial charge in [-0.1, -0.05) is 13.8 Å². The predicted octanol–water partition coefficient (Wildman–Crippen LogP) is 1.08. The van der Waals surface area contributed by atoms with Gasteiger partial charge in [-0.25, -0.2) is 0 Å². The fourth-order valence-electron chi connectivity index (χ4n) is 3.85. The average molecular weight is 363 g/mol. The Hall–Kier alpha value is -2.22. The van der Waals surface area contributed by atoms with Gasteiger partial charge in [-0.05, 0) is 12.3 Å². The summed E-state index contributed by atoms with van der Waals surface area (Å²) < 4.78 is 10.6. The zero-order chi connectivity index (χ0) is 19.1. The van der Waals surface area contributed by atoms with Crippen LogP contribution in [0, 0.1) is 10.8 Å². The van der Waals surface area contributed by atoms with Crippen LogP contribution >= 0.6 is 0 Å². The van der Waals surface area contributed by atoms with Gasteiger partial charge >= 0.3 is 0 Å². The topological polar surface area (TPSA) is 102 Å². The van der Waals surface area contributed by atoms with Gasteiger partial charge in [0.1, 0.15) is 29.5 Å². The first-order valence-electron chi connectivity index (χ1n) is 8.79. The predicted molar refractivity (Wildman–Crippen MR) is 94.4 cm³/mol. The van der Waals surface area contributed by atoms with E-state index in [1.807, 2.05) is 20.8 Å². The van der Waals surface area contributed by atoms with E-state index in [1.165, 1.54) is 7.11 Å². The third-order valence-corrected chi connectivity index (χ3v) is 5.20. The molecule has 0 radical (unpaired) electrons. The van der Waals surface area contributed by atoms with Gasteiger partial charge in [-0.2, -0.15) is 4.98 Å². The Balaban J connectivity index is 2.09. The molecule has 1 spiro atoms. The largest absolute Gasteiger partial charge is 0.468 e. The van der Waals surface area contributed by atoms with Crippen LogP contribution in [-0.4, -0.2) is 48.5 Å². The molecule has 0 atom stereocenters. The van der Waals surface area contributed by atoms with Crippen LogP contribution in [0.5, 0.6) is 6.01 Å². The number of ketones is 2. The van der Waals surface area contributed by atoms with E-state index < -0.39 is 11.0 Å². The Morgan fingerprint density at radius 2 is 1.81 bits per heavy atom. The summed E-state index contributed by atoms with van der Waals surface area (Å²) >= 11 is 0. The molecule has 1 aliphatic carbocycles. The van der Waals surface area contributed by atoms with Gasteiger partial charge < -0.3 is 14.4 Å². The van der Waals surface area contributed by atoms with Crippen LogP contribution in [0.15, 0.2) is 4.79 Å². The van der Waals surface area contributed by atoms with E-state index in [4.69, 9.17) is 9.47 Å². The fraction of sp³-hybridized carbons (Fsp3) is 0.667. The lowest BCUT2D eigenvalue weighted by molar-refractivity contribution is -0.148. The van der Waals surface area contributed by atoms with Gasteiger partial charge in [-0.15, -0.1) is 0 Å². The standard InChI is InChI=1S/C18H25N3O5/c1-5-26-10-21-9-18(12(22)7-17(2,3)8-13(18)23)6-11-14(21)19-16(25-4)20-15(11)24/h5-10H2,1-4H3,(H,19,20,24). The summed E-state index contributed by atoms with van der Waals surface area (Å²) in [6.07, 6.45) is 0.709. The van der Waals surface area contributed by atoms with Gasteiger partial charge in [0.25, 0.3) is 11.6 Å². The van der Waals surface area contributed by atoms with E-state index in [9.17, 15) is 14.4 Å². The van der Waals surface area contributed by atoms with E-state index in [0.717, 1.165) is 0 Å². The molecule has 1 aromatic heterocycles. The van der Waals surface area contributed by atoms with Crippen LogP contribution in [0.25, 0.3) is 0 Å². The molecule has 26 heavy (non-hydrogen) atoms. The minimum absolute atomic E-state index is 0.0744. The summed E-state index contributed by atoms with van der Waals surface area (Å²) in [7, 11) is 1.41. The van der Waals surface area contributed by atoms with Crippen molar-refractivity contribution in [3.8, 4) is 6.01 Å². The smallest absolute Gasteiger partial charge is 0.298 e. The summed E-state index contributed by atoms with van der Waals surface area (Å²) in [5, 5.41) is 0. The highest BCUT2D eigenvalue weighted by Gasteiger charge is 2.55. The molecule has 3 rings (SSSR count). The molecule has 1 saturated carbocycles. The van der Waals surface area contributed by atoms with E-state index in [1.54, 1.807) is 4.90 Å². The summed E-state index contributed by atoms with van der Waals surface area (Å²) in [5.74, 6) is 0.192. The number of Topliss-reactive ketones (excluding diaryl/α,β-unsaturated/α-hetero) is 2. The molecule has 2 aliphatic rings. The van der Waals surface area contributed by atoms with Crippen LogP contribution in [0.3, 0.4) is 0 Å². The zero-order valence-corrected chi connectivity index (χ0v) is 15.7. The number of H-pyrrole nitrogens is 1. The lowest BCUT2D eigenvalue weighted by Gasteiger charge is -2.46. The monoisotopic (exact) mass is 363 g/mol. The molecule has 8 nitrogen and oxygen atoms in total. The Labute approximate surface area is 151 Å². The Morgan fingerprint density at radius 1 is 1.15 bits per heavy atom. The first-order valence-corrected chi connectivity index (χ1v) is 8.79. The van der Waals surface area contributed by atoms with Crippen molar-refractivity contribution in [2.45, 2.75) is 40.0 Å². The number of hydrogen-bond acceptors (Lipinski definition) is 7. The zero-order valence-electron chi connectivity index (χ0n) is 15.7. The number of carbonyl (C=O) groups excluding carboxylic acids is 2. The Bertz CT molecular complexity index is 779. The number of ether oxygens (including phenoxy) is 2. The van der Waals surface area contributed by atoms with Crippen LogP contribution in [0.1, 0.15) is 39.2 Å². The number of aromatic amines is 1. The second kappa shape index (κ2) is 6.50. The second-order valence-corrected chi connectivity index (χ2v) is 7.82. The van der Waals surface area contributed by atoms with Gasteiger partial charge in [0.05, 0.1) is 12.7 Å². The number of rotatable bonds is 4. The van der Waals surface area contributed by atoms with Crippen molar-refractivity contribution in [3.63, 3.8) is 0 Å². The summed E-state index contributed by atoms with van der Waals surface area (Å²) in [6, 6.07) is 0.0913. The molecule has 8 heteroatoms. The first kappa shape index (κ1) is 18.6. The summed E-state index contributed by atoms with van der Waals surface area (Å²) in [4.78, 5) is 47.2. The maximum absolute atomic E-state index is 13.0. The number of nitrogens with one attached hydrogen (secondary N) is 1. The van der Waals surface area contributed by atoms with Crippen molar-refractivity contribution in [2.24, 2.45) is 10.8 Å². The van der Waals surface area contributed by atoms with Gasteiger partial charge in [0, 0.05) is 32.4 Å². The molecule has 0 saturated heterocycles. The number of methoxy groups -OCH3 is 1. The molecule has 1 N–H and O–H groups in total. The minimum atomic E-state index is -1.21. The lowest BCUT2D eigenvalue weighted by atomic mass is 9.60. The lowest BCUT2D eigenvalue weighted by Crippen LogP contribution is -2.58. The van der Waals surface area contributed by atoms with Crippen LogP contribution in [-0.2, 0) is 20.7 Å². The maximum Gasteiger partial charge on any atom is 0.298 e. The molecule has 0 bridgehead atoms. The van der Waals surface area contributed by atoms with E-state index >= 15 is 0 Å². The maximum atomic E-state index is 13.0. The summed E-state index contributed by atoms with van der Waals surface area (Å²) in [5.41, 5.74) is -1.62. The minimum Gasteiger partial charge on any atom is -0.468 e. The van der Waals surface area contributed by atoms with Crippen molar-refractivity contribution in [3.05, 3.63) is 15.9 Å². The fourth-order valence-corrected chi connectivity index (χ4v) is 3.85. The van der Waals surface area contributed by atoms with Crippen LogP contribution in [0.4, 0.5) is 5.82 Å². The molecule has 142 valence electrons. The molecule has 2 heterocycles. The number of nitrogens with zero attached hydrogens (tertiary/aromatic N) is 2. The second-order valence-electron chi connectivity index (χ2n) is 7.82. The summed E-state index contributed by atoms with van der Waals surface area (Å²) in [6.45, 7) is 6.48. The molecule has 0 aromatic carbocycles. The van der Waals surface area contributed by atoms with E-state index in [2.05, 4.69) is 9.97 Å². The van der Waals surface area contributed by atoms with Gasteiger partial charge in [-0.3, -0.25) is 19.4 Å². The highest BCUT2D eigenvalue weighted by atomic mass is 16.5. The molecule has 1 fully saturated rings. The Morgan fingerprint density at radius 3 is 2.38 bits per heavy atom. The molecular weight excluding hydrogens is 338 g/mol. The van der Waals surface area contributed by atoms with Gasteiger partial charge in [0.15, 0.2) is 0 Å². The number of aromatic nitrogens is 2. The highest BCUT2D eigenvalue weighted by Crippen LogP contribution is 2.45. The molecule has 0 unspecified atom stereocenters. The number of fused-ring (bicyclic) bond motifs is 1. The average Bonchev–Trinajstić information content (AvgIpc) is 2.57. The molecule has 0 amide bonds. The first-order chi connectivity index (χ1) is 12.2. The van der Waals surface area contributed by atoms with Crippen molar-refractivity contribution >= 4 is 17.4 Å². The third-order valence-electron chi connectivity index (χ3n) is 5.20. The number of carbonyl (C=O) groups is 2. The van der Waals surface area contributed by atoms with Crippen molar-refractivity contribution in [2.75, 3.05) is 31.9 Å². The number of hydrogen-bond donors (Lipinski definition) is 1. The van der Waals surface area contributed by atoms with E-state index in [-0.39, 0.29) is 42.7 Å². The van der Waals surface area contributed by atoms with Crippen molar-refractivity contribution in [1.29, 1.82) is 0 Å². The van der Waals surface area contributed by atoms with E-state index in [0.29, 0.717) is 30.8 Å². The SMILES string of the molecule is CCOCN1CC2(Cc3c1nc(OC)[nH]c3=O)C(=O)CC(C)(C)CC2=O. The number of anilines is 1. The quantitative estimate of drug-likeness (QED) is 0.799. The molecule has 1 aromatic rings. The van der Waals surface area contributed by atoms with Crippen molar-refractivity contribution < 1.29 is 19.1 Å². The van der Waals surface area contributed by atoms with Crippen LogP contribution < -0.4 is 15.2 Å². The molecular formula is C18H25N3O5. The molecule has 1 aliphatic heterocycles. The Kier molecular flexibility index (Phi) is 4.64. The highest BCUT2D eigenvalue weighted by molar-refractivity contribution is 6.11. The van der Waals surface area contributed by atoms with Crippen LogP contribution in [0.2, 0.25) is 0 Å².